The molecule has 0 radical (unpaired) electrons. The van der Waals surface area contributed by atoms with Crippen molar-refractivity contribution in [2.45, 2.75) is 45.6 Å². The Morgan fingerprint density at radius 1 is 1.35 bits per heavy atom. The number of nitrogens with two attached hydrogens (primary N) is 1. The summed E-state index contributed by atoms with van der Waals surface area (Å²) in [5, 5.41) is 1.10. The standard InChI is InChI=1S/C16H23N3S/c1-10-5-4-6-12(7-10)19(3)15-9-14-16(8-13(15)17)20-11(2)18-14/h8-10,12H,4-7,17H2,1-3H3. The van der Waals surface area contributed by atoms with Gasteiger partial charge < -0.3 is 10.6 Å². The molecule has 1 aliphatic rings. The van der Waals surface area contributed by atoms with Crippen molar-refractivity contribution in [1.29, 1.82) is 0 Å². The third-order valence-corrected chi connectivity index (χ3v) is 5.41. The van der Waals surface area contributed by atoms with Gasteiger partial charge in [-0.3, -0.25) is 0 Å². The van der Waals surface area contributed by atoms with Gasteiger partial charge in [-0.05, 0) is 37.8 Å². The van der Waals surface area contributed by atoms with Crippen molar-refractivity contribution in [3.8, 4) is 0 Å². The number of benzene rings is 1. The SMILES string of the molecule is Cc1nc2cc(N(C)C3CCCC(C)C3)c(N)cc2s1. The summed E-state index contributed by atoms with van der Waals surface area (Å²) < 4.78 is 1.19. The molecule has 2 aromatic rings. The quantitative estimate of drug-likeness (QED) is 0.842. The van der Waals surface area contributed by atoms with Crippen LogP contribution >= 0.6 is 11.3 Å². The molecule has 0 aliphatic heterocycles. The number of aromatic nitrogens is 1. The number of thiazole rings is 1. The van der Waals surface area contributed by atoms with Crippen LogP contribution < -0.4 is 10.6 Å². The normalized spacial score (nSPS) is 23.1. The highest BCUT2D eigenvalue weighted by atomic mass is 32.1. The molecule has 0 spiro atoms. The Morgan fingerprint density at radius 3 is 2.90 bits per heavy atom. The summed E-state index contributed by atoms with van der Waals surface area (Å²) in [4.78, 5) is 6.97. The summed E-state index contributed by atoms with van der Waals surface area (Å²) in [7, 11) is 2.18. The second kappa shape index (κ2) is 5.24. The molecule has 1 aliphatic carbocycles. The lowest BCUT2D eigenvalue weighted by molar-refractivity contribution is 0.336. The van der Waals surface area contributed by atoms with E-state index in [1.807, 2.05) is 6.92 Å². The fraction of sp³-hybridized carbons (Fsp3) is 0.562. The zero-order valence-electron chi connectivity index (χ0n) is 12.5. The van der Waals surface area contributed by atoms with Gasteiger partial charge in [-0.1, -0.05) is 19.8 Å². The molecule has 0 bridgehead atoms. The first-order valence-electron chi connectivity index (χ1n) is 7.44. The van der Waals surface area contributed by atoms with Gasteiger partial charge in [-0.25, -0.2) is 4.98 Å². The average Bonchev–Trinajstić information content (AvgIpc) is 2.76. The molecule has 2 atom stereocenters. The molecule has 1 aromatic carbocycles. The Kier molecular flexibility index (Phi) is 3.59. The summed E-state index contributed by atoms with van der Waals surface area (Å²) in [5.41, 5.74) is 9.37. The lowest BCUT2D eigenvalue weighted by Crippen LogP contribution is -2.35. The number of fused-ring (bicyclic) bond motifs is 1. The summed E-state index contributed by atoms with van der Waals surface area (Å²) in [6.45, 7) is 4.41. The van der Waals surface area contributed by atoms with E-state index in [1.165, 1.54) is 30.4 Å². The molecule has 3 nitrogen and oxygen atoms in total. The molecule has 3 rings (SSSR count). The second-order valence-corrected chi connectivity index (χ2v) is 7.38. The Morgan fingerprint density at radius 2 is 2.15 bits per heavy atom. The van der Waals surface area contributed by atoms with Crippen molar-refractivity contribution in [3.63, 3.8) is 0 Å². The minimum absolute atomic E-state index is 0.609. The first-order chi connectivity index (χ1) is 9.54. The van der Waals surface area contributed by atoms with E-state index in [9.17, 15) is 0 Å². The van der Waals surface area contributed by atoms with Gasteiger partial charge in [-0.15, -0.1) is 11.3 Å². The fourth-order valence-electron chi connectivity index (χ4n) is 3.35. The van der Waals surface area contributed by atoms with Gasteiger partial charge in [0, 0.05) is 13.1 Å². The molecular formula is C16H23N3S. The minimum atomic E-state index is 0.609. The first-order valence-corrected chi connectivity index (χ1v) is 8.25. The van der Waals surface area contributed by atoms with Crippen LogP contribution in [-0.4, -0.2) is 18.1 Å². The number of hydrogen-bond donors (Lipinski definition) is 1. The lowest BCUT2D eigenvalue weighted by atomic mass is 9.86. The molecule has 108 valence electrons. The number of aryl methyl sites for hydroxylation is 1. The molecule has 1 heterocycles. The minimum Gasteiger partial charge on any atom is -0.397 e. The van der Waals surface area contributed by atoms with Crippen molar-refractivity contribution in [2.75, 3.05) is 17.7 Å². The van der Waals surface area contributed by atoms with Crippen LogP contribution in [0.5, 0.6) is 0 Å². The van der Waals surface area contributed by atoms with Crippen LogP contribution in [0, 0.1) is 12.8 Å². The monoisotopic (exact) mass is 289 g/mol. The predicted octanol–water partition coefficient (Wildman–Crippen LogP) is 4.20. The van der Waals surface area contributed by atoms with Gasteiger partial charge in [0.15, 0.2) is 0 Å². The molecular weight excluding hydrogens is 266 g/mol. The number of nitrogens with zero attached hydrogens (tertiary/aromatic N) is 2. The smallest absolute Gasteiger partial charge is 0.0907 e. The molecule has 1 aromatic heterocycles. The van der Waals surface area contributed by atoms with Gasteiger partial charge in [0.2, 0.25) is 0 Å². The van der Waals surface area contributed by atoms with Gasteiger partial charge >= 0.3 is 0 Å². The summed E-state index contributed by atoms with van der Waals surface area (Å²) in [6.07, 6.45) is 5.23. The lowest BCUT2D eigenvalue weighted by Gasteiger charge is -2.36. The molecule has 1 saturated carbocycles. The highest BCUT2D eigenvalue weighted by Gasteiger charge is 2.24. The van der Waals surface area contributed by atoms with E-state index < -0.39 is 0 Å². The van der Waals surface area contributed by atoms with Crippen molar-refractivity contribution in [2.24, 2.45) is 5.92 Å². The Bertz CT molecular complexity index is 619. The van der Waals surface area contributed by atoms with Crippen molar-refractivity contribution in [3.05, 3.63) is 17.1 Å². The van der Waals surface area contributed by atoms with Crippen LogP contribution in [-0.2, 0) is 0 Å². The summed E-state index contributed by atoms with van der Waals surface area (Å²) >= 11 is 1.71. The van der Waals surface area contributed by atoms with Crippen LogP contribution in [0.2, 0.25) is 0 Å². The van der Waals surface area contributed by atoms with E-state index in [1.54, 1.807) is 11.3 Å². The third kappa shape index (κ3) is 2.49. The average molecular weight is 289 g/mol. The number of nitrogen functional groups attached to an aromatic ring is 1. The van der Waals surface area contributed by atoms with E-state index in [-0.39, 0.29) is 0 Å². The number of rotatable bonds is 2. The third-order valence-electron chi connectivity index (χ3n) is 4.48. The van der Waals surface area contributed by atoms with Crippen molar-refractivity contribution < 1.29 is 0 Å². The second-order valence-electron chi connectivity index (χ2n) is 6.15. The Labute approximate surface area is 124 Å². The maximum absolute atomic E-state index is 6.28. The van der Waals surface area contributed by atoms with Crippen LogP contribution in [0.4, 0.5) is 11.4 Å². The highest BCUT2D eigenvalue weighted by Crippen LogP contribution is 2.35. The van der Waals surface area contributed by atoms with Gasteiger partial charge in [0.1, 0.15) is 0 Å². The molecule has 2 N–H and O–H groups in total. The van der Waals surface area contributed by atoms with Crippen molar-refractivity contribution in [1.82, 2.24) is 4.98 Å². The maximum Gasteiger partial charge on any atom is 0.0907 e. The largest absolute Gasteiger partial charge is 0.397 e. The Balaban J connectivity index is 1.93. The van der Waals surface area contributed by atoms with Crippen LogP contribution in [0.25, 0.3) is 10.2 Å². The van der Waals surface area contributed by atoms with Gasteiger partial charge in [0.25, 0.3) is 0 Å². The molecule has 0 saturated heterocycles. The zero-order chi connectivity index (χ0) is 14.3. The first kappa shape index (κ1) is 13.7. The Hall–Kier alpha value is -1.29. The molecule has 4 heteroatoms. The van der Waals surface area contributed by atoms with Gasteiger partial charge in [-0.2, -0.15) is 0 Å². The van der Waals surface area contributed by atoms with E-state index >= 15 is 0 Å². The van der Waals surface area contributed by atoms with Crippen LogP contribution in [0.15, 0.2) is 12.1 Å². The van der Waals surface area contributed by atoms with Crippen LogP contribution in [0.1, 0.15) is 37.6 Å². The maximum atomic E-state index is 6.28. The highest BCUT2D eigenvalue weighted by molar-refractivity contribution is 7.18. The van der Waals surface area contributed by atoms with E-state index in [0.29, 0.717) is 6.04 Å². The molecule has 20 heavy (non-hydrogen) atoms. The molecule has 1 fully saturated rings. The molecule has 2 unspecified atom stereocenters. The van der Waals surface area contributed by atoms with Gasteiger partial charge in [0.05, 0.1) is 26.6 Å². The molecule has 0 amide bonds. The topological polar surface area (TPSA) is 42.2 Å². The van der Waals surface area contributed by atoms with E-state index in [4.69, 9.17) is 5.73 Å². The van der Waals surface area contributed by atoms with Crippen molar-refractivity contribution >= 4 is 32.9 Å². The fourth-order valence-corrected chi connectivity index (χ4v) is 4.21. The number of hydrogen-bond acceptors (Lipinski definition) is 4. The summed E-state index contributed by atoms with van der Waals surface area (Å²) in [5.74, 6) is 0.822. The van der Waals surface area contributed by atoms with E-state index in [0.717, 1.165) is 27.8 Å². The summed E-state index contributed by atoms with van der Waals surface area (Å²) in [6, 6.07) is 4.85. The van der Waals surface area contributed by atoms with E-state index in [2.05, 4.69) is 36.0 Å². The predicted molar refractivity (Wildman–Crippen MR) is 88.6 cm³/mol. The zero-order valence-corrected chi connectivity index (χ0v) is 13.3. The van der Waals surface area contributed by atoms with Crippen LogP contribution in [0.3, 0.4) is 0 Å². The number of anilines is 2.